The van der Waals surface area contributed by atoms with Gasteiger partial charge in [0.15, 0.2) is 0 Å². The smallest absolute Gasteiger partial charge is 0.0137 e. The van der Waals surface area contributed by atoms with Crippen molar-refractivity contribution in [1.82, 2.24) is 10.6 Å². The van der Waals surface area contributed by atoms with Crippen LogP contribution in [0.2, 0.25) is 0 Å². The molecule has 0 bridgehead atoms. The average Bonchev–Trinajstić information content (AvgIpc) is 2.85. The summed E-state index contributed by atoms with van der Waals surface area (Å²) in [5.74, 6) is 3.22. The Hall–Kier alpha value is -0.0800. The molecule has 2 aliphatic carbocycles. The molecule has 4 aliphatic rings. The van der Waals surface area contributed by atoms with Crippen molar-refractivity contribution in [2.45, 2.75) is 18.9 Å². The van der Waals surface area contributed by atoms with Crippen LogP contribution in [0.5, 0.6) is 0 Å². The van der Waals surface area contributed by atoms with Crippen molar-refractivity contribution in [2.75, 3.05) is 19.6 Å². The maximum absolute atomic E-state index is 3.64. The standard InChI is InChI=1S/C10H16N2/c1-2-12-9-7(1)8(9)10-3-6(10)4-11-5-10/h6-9,11-12H,1-5H2. The first-order valence-corrected chi connectivity index (χ1v) is 5.36. The molecule has 0 amide bonds. The molecule has 2 aliphatic heterocycles. The van der Waals surface area contributed by atoms with Crippen LogP contribution < -0.4 is 10.6 Å². The Morgan fingerprint density at radius 1 is 1.33 bits per heavy atom. The number of hydrogen-bond donors (Lipinski definition) is 2. The lowest BCUT2D eigenvalue weighted by molar-refractivity contribution is 0.383. The van der Waals surface area contributed by atoms with Crippen molar-refractivity contribution >= 4 is 0 Å². The molecule has 2 saturated carbocycles. The third kappa shape index (κ3) is 0.549. The van der Waals surface area contributed by atoms with E-state index in [4.69, 9.17) is 0 Å². The van der Waals surface area contributed by atoms with Crippen LogP contribution in [-0.4, -0.2) is 25.7 Å². The largest absolute Gasteiger partial charge is 0.316 e. The van der Waals surface area contributed by atoms with E-state index in [1.807, 2.05) is 0 Å². The lowest BCUT2D eigenvalue weighted by atomic mass is 9.96. The number of piperidine rings is 2. The molecule has 66 valence electrons. The van der Waals surface area contributed by atoms with Gasteiger partial charge in [-0.05, 0) is 49.1 Å². The second-order valence-corrected chi connectivity index (χ2v) is 5.22. The van der Waals surface area contributed by atoms with Gasteiger partial charge in [-0.3, -0.25) is 0 Å². The molecule has 2 nitrogen and oxygen atoms in total. The Morgan fingerprint density at radius 3 is 2.92 bits per heavy atom. The molecule has 4 fully saturated rings. The zero-order valence-electron chi connectivity index (χ0n) is 7.34. The summed E-state index contributed by atoms with van der Waals surface area (Å²) in [5.41, 5.74) is 0.794. The van der Waals surface area contributed by atoms with E-state index in [1.54, 1.807) is 6.42 Å². The Kier molecular flexibility index (Phi) is 0.921. The summed E-state index contributed by atoms with van der Waals surface area (Å²) in [6.07, 6.45) is 3.00. The fraction of sp³-hybridized carbons (Fsp3) is 1.00. The van der Waals surface area contributed by atoms with Crippen LogP contribution in [-0.2, 0) is 0 Å². The normalized spacial score (nSPS) is 66.0. The topological polar surface area (TPSA) is 24.1 Å². The number of nitrogens with one attached hydrogen (secondary N) is 2. The van der Waals surface area contributed by atoms with E-state index < -0.39 is 0 Å². The van der Waals surface area contributed by atoms with Crippen molar-refractivity contribution in [3.63, 3.8) is 0 Å². The second kappa shape index (κ2) is 1.73. The van der Waals surface area contributed by atoms with E-state index >= 15 is 0 Å². The van der Waals surface area contributed by atoms with E-state index in [2.05, 4.69) is 10.6 Å². The van der Waals surface area contributed by atoms with Gasteiger partial charge in [0.05, 0.1) is 0 Å². The summed E-state index contributed by atoms with van der Waals surface area (Å²) in [7, 11) is 0. The SMILES string of the molecule is C1CC2C(N1)C2C12CNCC1C2. The van der Waals surface area contributed by atoms with E-state index in [0.717, 1.165) is 29.2 Å². The highest BCUT2D eigenvalue weighted by atomic mass is 15.1. The van der Waals surface area contributed by atoms with Gasteiger partial charge in [-0.25, -0.2) is 0 Å². The first-order valence-electron chi connectivity index (χ1n) is 5.36. The first-order chi connectivity index (χ1) is 5.92. The maximum atomic E-state index is 3.64. The van der Waals surface area contributed by atoms with Gasteiger partial charge in [-0.1, -0.05) is 0 Å². The summed E-state index contributed by atoms with van der Waals surface area (Å²) < 4.78 is 0. The average molecular weight is 164 g/mol. The van der Waals surface area contributed by atoms with Crippen molar-refractivity contribution < 1.29 is 0 Å². The van der Waals surface area contributed by atoms with Gasteiger partial charge in [-0.15, -0.1) is 0 Å². The van der Waals surface area contributed by atoms with Gasteiger partial charge in [0.1, 0.15) is 0 Å². The lowest BCUT2D eigenvalue weighted by Gasteiger charge is -2.13. The summed E-state index contributed by atoms with van der Waals surface area (Å²) in [6, 6.07) is 0.940. The molecule has 2 N–H and O–H groups in total. The minimum absolute atomic E-state index is 0.794. The Labute approximate surface area is 73.1 Å². The molecule has 0 radical (unpaired) electrons. The van der Waals surface area contributed by atoms with Crippen LogP contribution >= 0.6 is 0 Å². The third-order valence-corrected chi connectivity index (χ3v) is 4.81. The van der Waals surface area contributed by atoms with Crippen LogP contribution in [0.4, 0.5) is 0 Å². The summed E-state index contributed by atoms with van der Waals surface area (Å²) in [4.78, 5) is 0. The van der Waals surface area contributed by atoms with Crippen molar-refractivity contribution in [3.8, 4) is 0 Å². The molecular weight excluding hydrogens is 148 g/mol. The Bertz CT molecular complexity index is 230. The molecule has 2 heteroatoms. The Morgan fingerprint density at radius 2 is 2.33 bits per heavy atom. The predicted octanol–water partition coefficient (Wildman–Crippen LogP) is 0.204. The van der Waals surface area contributed by atoms with E-state index in [9.17, 15) is 0 Å². The minimum atomic E-state index is 0.794. The van der Waals surface area contributed by atoms with Crippen LogP contribution in [0.3, 0.4) is 0 Å². The van der Waals surface area contributed by atoms with Crippen LogP contribution in [0.25, 0.3) is 0 Å². The van der Waals surface area contributed by atoms with Crippen LogP contribution in [0, 0.1) is 23.2 Å². The van der Waals surface area contributed by atoms with Crippen molar-refractivity contribution in [3.05, 3.63) is 0 Å². The number of rotatable bonds is 1. The Balaban J connectivity index is 1.61. The molecule has 5 atom stereocenters. The second-order valence-electron chi connectivity index (χ2n) is 5.22. The monoisotopic (exact) mass is 164 g/mol. The molecule has 12 heavy (non-hydrogen) atoms. The predicted molar refractivity (Wildman–Crippen MR) is 46.8 cm³/mol. The van der Waals surface area contributed by atoms with Gasteiger partial charge in [-0.2, -0.15) is 0 Å². The molecule has 0 aromatic carbocycles. The number of hydrogen-bond acceptors (Lipinski definition) is 2. The highest BCUT2D eigenvalue weighted by Gasteiger charge is 2.72. The van der Waals surface area contributed by atoms with E-state index in [0.29, 0.717) is 0 Å². The van der Waals surface area contributed by atoms with Gasteiger partial charge in [0, 0.05) is 12.6 Å². The molecule has 4 rings (SSSR count). The van der Waals surface area contributed by atoms with Gasteiger partial charge in [0.25, 0.3) is 0 Å². The summed E-state index contributed by atoms with van der Waals surface area (Å²) in [5, 5.41) is 7.19. The minimum Gasteiger partial charge on any atom is -0.316 e. The lowest BCUT2D eigenvalue weighted by Crippen LogP contribution is -2.24. The van der Waals surface area contributed by atoms with Crippen molar-refractivity contribution in [2.24, 2.45) is 23.2 Å². The highest BCUT2D eigenvalue weighted by molar-refractivity contribution is 5.24. The molecule has 0 aromatic rings. The van der Waals surface area contributed by atoms with Gasteiger partial charge in [0.2, 0.25) is 0 Å². The molecular formula is C10H16N2. The maximum Gasteiger partial charge on any atom is 0.0137 e. The fourth-order valence-corrected chi connectivity index (χ4v) is 4.11. The highest BCUT2D eigenvalue weighted by Crippen LogP contribution is 2.70. The van der Waals surface area contributed by atoms with Crippen molar-refractivity contribution in [1.29, 1.82) is 0 Å². The molecule has 5 unspecified atom stereocenters. The summed E-state index contributed by atoms with van der Waals surface area (Å²) in [6.45, 7) is 3.94. The van der Waals surface area contributed by atoms with E-state index in [-0.39, 0.29) is 0 Å². The zero-order valence-corrected chi connectivity index (χ0v) is 7.34. The number of fused-ring (bicyclic) bond motifs is 2. The van der Waals surface area contributed by atoms with Crippen LogP contribution in [0.15, 0.2) is 0 Å². The van der Waals surface area contributed by atoms with Crippen LogP contribution in [0.1, 0.15) is 12.8 Å². The molecule has 2 heterocycles. The fourth-order valence-electron chi connectivity index (χ4n) is 4.11. The zero-order chi connectivity index (χ0) is 7.76. The van der Waals surface area contributed by atoms with Gasteiger partial charge >= 0.3 is 0 Å². The molecule has 2 saturated heterocycles. The first kappa shape index (κ1) is 6.39. The third-order valence-electron chi connectivity index (χ3n) is 4.81. The molecule has 0 aromatic heterocycles. The summed E-state index contributed by atoms with van der Waals surface area (Å²) >= 11 is 0. The molecule has 0 spiro atoms. The van der Waals surface area contributed by atoms with E-state index in [1.165, 1.54) is 26.1 Å². The quantitative estimate of drug-likeness (QED) is 0.578. The van der Waals surface area contributed by atoms with Gasteiger partial charge < -0.3 is 10.6 Å².